The fourth-order valence-corrected chi connectivity index (χ4v) is 1.22. The van der Waals surface area contributed by atoms with Crippen molar-refractivity contribution in [3.63, 3.8) is 0 Å². The standard InChI is InChI=1S/C10H16N4O/c1-8(6-10(11)14-15)13-7-9-2-4-12-5-3-9/h2-5,8,13,15H,6-7H2,1H3,(H2,11,14). The van der Waals surface area contributed by atoms with Crippen molar-refractivity contribution in [1.82, 2.24) is 10.3 Å². The molecule has 0 bridgehead atoms. The minimum Gasteiger partial charge on any atom is -0.409 e. The Morgan fingerprint density at radius 1 is 1.60 bits per heavy atom. The minimum absolute atomic E-state index is 0.175. The third-order valence-electron chi connectivity index (χ3n) is 2.05. The number of amidine groups is 1. The summed E-state index contributed by atoms with van der Waals surface area (Å²) in [5.74, 6) is 0.240. The lowest BCUT2D eigenvalue weighted by Crippen LogP contribution is -2.30. The largest absolute Gasteiger partial charge is 0.409 e. The molecule has 0 fully saturated rings. The van der Waals surface area contributed by atoms with E-state index in [1.807, 2.05) is 19.1 Å². The molecule has 1 aromatic heterocycles. The van der Waals surface area contributed by atoms with Crippen LogP contribution in [0.2, 0.25) is 0 Å². The molecular formula is C10H16N4O. The molecule has 4 N–H and O–H groups in total. The second-order valence-electron chi connectivity index (χ2n) is 3.43. The van der Waals surface area contributed by atoms with Crippen molar-refractivity contribution in [2.75, 3.05) is 0 Å². The average molecular weight is 208 g/mol. The van der Waals surface area contributed by atoms with Gasteiger partial charge in [-0.15, -0.1) is 0 Å². The summed E-state index contributed by atoms with van der Waals surface area (Å²) in [5, 5.41) is 14.6. The smallest absolute Gasteiger partial charge is 0.140 e. The molecule has 0 aliphatic heterocycles. The molecule has 0 aliphatic rings. The van der Waals surface area contributed by atoms with Crippen LogP contribution in [0.25, 0.3) is 0 Å². The van der Waals surface area contributed by atoms with Crippen LogP contribution in [0.3, 0.4) is 0 Å². The highest BCUT2D eigenvalue weighted by molar-refractivity contribution is 5.80. The first-order valence-corrected chi connectivity index (χ1v) is 4.81. The van der Waals surface area contributed by atoms with E-state index in [-0.39, 0.29) is 11.9 Å². The average Bonchev–Trinajstić information content (AvgIpc) is 2.27. The van der Waals surface area contributed by atoms with E-state index in [4.69, 9.17) is 10.9 Å². The number of nitrogens with zero attached hydrogens (tertiary/aromatic N) is 2. The zero-order valence-electron chi connectivity index (χ0n) is 8.72. The molecular weight excluding hydrogens is 192 g/mol. The Balaban J connectivity index is 2.31. The molecule has 1 aromatic rings. The quantitative estimate of drug-likeness (QED) is 0.288. The van der Waals surface area contributed by atoms with Gasteiger partial charge in [0, 0.05) is 31.4 Å². The summed E-state index contributed by atoms with van der Waals surface area (Å²) < 4.78 is 0. The summed E-state index contributed by atoms with van der Waals surface area (Å²) in [5.41, 5.74) is 6.56. The number of nitrogens with one attached hydrogen (secondary N) is 1. The van der Waals surface area contributed by atoms with Gasteiger partial charge < -0.3 is 16.3 Å². The number of oxime groups is 1. The molecule has 5 nitrogen and oxygen atoms in total. The van der Waals surface area contributed by atoms with Gasteiger partial charge in [-0.05, 0) is 24.6 Å². The van der Waals surface area contributed by atoms with Crippen LogP contribution in [0.15, 0.2) is 29.7 Å². The molecule has 0 spiro atoms. The topological polar surface area (TPSA) is 83.5 Å². The summed E-state index contributed by atoms with van der Waals surface area (Å²) >= 11 is 0. The van der Waals surface area contributed by atoms with Crippen LogP contribution in [-0.4, -0.2) is 22.1 Å². The molecule has 0 aromatic carbocycles. The Bertz CT molecular complexity index is 312. The van der Waals surface area contributed by atoms with Crippen molar-refractivity contribution in [1.29, 1.82) is 0 Å². The van der Waals surface area contributed by atoms with Crippen molar-refractivity contribution in [2.45, 2.75) is 25.9 Å². The molecule has 1 heterocycles. The zero-order valence-corrected chi connectivity index (χ0v) is 8.72. The maximum atomic E-state index is 8.40. The Morgan fingerprint density at radius 3 is 2.87 bits per heavy atom. The van der Waals surface area contributed by atoms with Crippen LogP contribution in [-0.2, 0) is 6.54 Å². The molecule has 1 rings (SSSR count). The van der Waals surface area contributed by atoms with E-state index < -0.39 is 0 Å². The first-order valence-electron chi connectivity index (χ1n) is 4.81. The van der Waals surface area contributed by atoms with Gasteiger partial charge in [-0.25, -0.2) is 0 Å². The van der Waals surface area contributed by atoms with Gasteiger partial charge in [-0.1, -0.05) is 5.16 Å². The van der Waals surface area contributed by atoms with Gasteiger partial charge in [-0.3, -0.25) is 4.98 Å². The highest BCUT2D eigenvalue weighted by Gasteiger charge is 2.03. The molecule has 0 saturated heterocycles. The van der Waals surface area contributed by atoms with Crippen molar-refractivity contribution in [3.8, 4) is 0 Å². The van der Waals surface area contributed by atoms with E-state index in [1.54, 1.807) is 12.4 Å². The molecule has 82 valence electrons. The first kappa shape index (κ1) is 11.5. The molecule has 0 aliphatic carbocycles. The third kappa shape index (κ3) is 4.42. The van der Waals surface area contributed by atoms with Gasteiger partial charge in [0.15, 0.2) is 0 Å². The molecule has 1 unspecified atom stereocenters. The predicted molar refractivity (Wildman–Crippen MR) is 58.6 cm³/mol. The molecule has 1 atom stereocenters. The lowest BCUT2D eigenvalue weighted by atomic mass is 10.2. The molecule has 0 saturated carbocycles. The number of nitrogens with two attached hydrogens (primary N) is 1. The van der Waals surface area contributed by atoms with Crippen molar-refractivity contribution >= 4 is 5.84 Å². The molecule has 15 heavy (non-hydrogen) atoms. The predicted octanol–water partition coefficient (Wildman–Crippen LogP) is 0.696. The zero-order chi connectivity index (χ0) is 11.1. The summed E-state index contributed by atoms with van der Waals surface area (Å²) in [6.45, 7) is 2.74. The van der Waals surface area contributed by atoms with Crippen molar-refractivity contribution in [2.24, 2.45) is 10.9 Å². The fraction of sp³-hybridized carbons (Fsp3) is 0.400. The number of hydrogen-bond donors (Lipinski definition) is 3. The van der Waals surface area contributed by atoms with Crippen LogP contribution in [0.1, 0.15) is 18.9 Å². The maximum Gasteiger partial charge on any atom is 0.140 e. The van der Waals surface area contributed by atoms with Crippen LogP contribution in [0.4, 0.5) is 0 Å². The second kappa shape index (κ2) is 5.98. The number of rotatable bonds is 5. The van der Waals surface area contributed by atoms with E-state index in [1.165, 1.54) is 0 Å². The highest BCUT2D eigenvalue weighted by atomic mass is 16.4. The van der Waals surface area contributed by atoms with Crippen LogP contribution >= 0.6 is 0 Å². The number of aromatic nitrogens is 1. The Morgan fingerprint density at radius 2 is 2.27 bits per heavy atom. The fourth-order valence-electron chi connectivity index (χ4n) is 1.22. The summed E-state index contributed by atoms with van der Waals surface area (Å²) in [6.07, 6.45) is 4.04. The molecule has 0 amide bonds. The van der Waals surface area contributed by atoms with Gasteiger partial charge in [-0.2, -0.15) is 0 Å². The normalized spacial score (nSPS) is 13.8. The van der Waals surface area contributed by atoms with Crippen LogP contribution in [0, 0.1) is 0 Å². The van der Waals surface area contributed by atoms with Crippen molar-refractivity contribution < 1.29 is 5.21 Å². The lowest BCUT2D eigenvalue weighted by molar-refractivity contribution is 0.316. The van der Waals surface area contributed by atoms with E-state index in [2.05, 4.69) is 15.5 Å². The van der Waals surface area contributed by atoms with Crippen molar-refractivity contribution in [3.05, 3.63) is 30.1 Å². The Labute approximate surface area is 89.0 Å². The van der Waals surface area contributed by atoms with Gasteiger partial charge in [0.1, 0.15) is 5.84 Å². The Hall–Kier alpha value is -1.62. The lowest BCUT2D eigenvalue weighted by Gasteiger charge is -2.12. The van der Waals surface area contributed by atoms with E-state index in [0.717, 1.165) is 12.1 Å². The highest BCUT2D eigenvalue weighted by Crippen LogP contribution is 1.98. The number of hydrogen-bond acceptors (Lipinski definition) is 4. The van der Waals surface area contributed by atoms with E-state index in [0.29, 0.717) is 6.42 Å². The Kier molecular flexibility index (Phi) is 4.56. The summed E-state index contributed by atoms with van der Waals surface area (Å²) in [7, 11) is 0. The van der Waals surface area contributed by atoms with Gasteiger partial charge in [0.2, 0.25) is 0 Å². The van der Waals surface area contributed by atoms with Crippen LogP contribution < -0.4 is 11.1 Å². The van der Waals surface area contributed by atoms with E-state index >= 15 is 0 Å². The van der Waals surface area contributed by atoms with Gasteiger partial charge in [0.05, 0.1) is 0 Å². The molecule has 5 heteroatoms. The van der Waals surface area contributed by atoms with E-state index in [9.17, 15) is 0 Å². The maximum absolute atomic E-state index is 8.40. The SMILES string of the molecule is CC(CC(N)=NO)NCc1ccncc1. The summed E-state index contributed by atoms with van der Waals surface area (Å²) in [6, 6.07) is 4.07. The van der Waals surface area contributed by atoms with Gasteiger partial charge in [0.25, 0.3) is 0 Å². The summed E-state index contributed by atoms with van der Waals surface area (Å²) in [4.78, 5) is 3.93. The monoisotopic (exact) mass is 208 g/mol. The minimum atomic E-state index is 0.175. The first-order chi connectivity index (χ1) is 7.22. The number of pyridine rings is 1. The second-order valence-corrected chi connectivity index (χ2v) is 3.43. The third-order valence-corrected chi connectivity index (χ3v) is 2.05. The molecule has 0 radical (unpaired) electrons. The van der Waals surface area contributed by atoms with Crippen LogP contribution in [0.5, 0.6) is 0 Å². The van der Waals surface area contributed by atoms with Gasteiger partial charge >= 0.3 is 0 Å².